The molecule has 1 atom stereocenters. The Morgan fingerprint density at radius 1 is 0.865 bits per heavy atom. The lowest BCUT2D eigenvalue weighted by atomic mass is 9.77. The molecule has 1 aliphatic carbocycles. The van der Waals surface area contributed by atoms with E-state index >= 15 is 0 Å². The van der Waals surface area contributed by atoms with Gasteiger partial charge in [-0.1, -0.05) is 56.6 Å². The lowest BCUT2D eigenvalue weighted by molar-refractivity contribution is -0.306. The summed E-state index contributed by atoms with van der Waals surface area (Å²) in [7, 11) is 0. The minimum Gasteiger partial charge on any atom is -0.424 e. The number of unbranched alkanes of at least 4 members (excludes halogenated alkanes) is 2. The van der Waals surface area contributed by atoms with Crippen molar-refractivity contribution in [3.63, 3.8) is 0 Å². The zero-order chi connectivity index (χ0) is 27.2. The highest BCUT2D eigenvalue weighted by Gasteiger charge is 2.59. The third-order valence-electron chi connectivity index (χ3n) is 6.61. The molecule has 9 heteroatoms. The molecule has 0 aromatic heterocycles. The van der Waals surface area contributed by atoms with Crippen molar-refractivity contribution in [1.82, 2.24) is 0 Å². The number of benzene rings is 2. The van der Waals surface area contributed by atoms with E-state index in [1.54, 1.807) is 12.1 Å². The van der Waals surface area contributed by atoms with Crippen molar-refractivity contribution in [2.24, 2.45) is 5.92 Å². The molecule has 37 heavy (non-hydrogen) atoms. The maximum atomic E-state index is 14.1. The summed E-state index contributed by atoms with van der Waals surface area (Å²) in [5.74, 6) is 1.15. The fourth-order valence-corrected chi connectivity index (χ4v) is 4.56. The summed E-state index contributed by atoms with van der Waals surface area (Å²) in [5, 5.41) is 0. The van der Waals surface area contributed by atoms with E-state index in [1.807, 2.05) is 12.1 Å². The van der Waals surface area contributed by atoms with Crippen molar-refractivity contribution in [3.05, 3.63) is 64.7 Å². The fraction of sp³-hybridized carbons (Fsp3) is 0.500. The van der Waals surface area contributed by atoms with Gasteiger partial charge in [0, 0.05) is 11.1 Å². The van der Waals surface area contributed by atoms with Crippen LogP contribution in [0.5, 0.6) is 5.75 Å². The molecule has 0 radical (unpaired) electrons. The highest BCUT2D eigenvalue weighted by atomic mass is 19.4. The van der Waals surface area contributed by atoms with Crippen LogP contribution >= 0.6 is 0 Å². The molecule has 0 bridgehead atoms. The van der Waals surface area contributed by atoms with Gasteiger partial charge in [0.05, 0.1) is 0 Å². The van der Waals surface area contributed by atoms with E-state index in [1.165, 1.54) is 44.1 Å². The number of hydrogen-bond donors (Lipinski definition) is 0. The number of halogens is 8. The average Bonchev–Trinajstić information content (AvgIpc) is 2.85. The second kappa shape index (κ2) is 12.2. The van der Waals surface area contributed by atoms with Gasteiger partial charge in [-0.2, -0.15) is 22.0 Å². The molecule has 202 valence electrons. The van der Waals surface area contributed by atoms with Crippen molar-refractivity contribution in [1.29, 1.82) is 0 Å². The average molecular weight is 533 g/mol. The predicted octanol–water partition coefficient (Wildman–Crippen LogP) is 9.09. The maximum absolute atomic E-state index is 14.1. The van der Waals surface area contributed by atoms with Crippen molar-refractivity contribution in [2.75, 3.05) is 0 Å². The highest BCUT2D eigenvalue weighted by Crippen LogP contribution is 2.39. The molecule has 0 saturated heterocycles. The molecule has 2 aromatic carbocycles. The quantitative estimate of drug-likeness (QED) is 0.187. The van der Waals surface area contributed by atoms with Gasteiger partial charge in [0.15, 0.2) is 17.4 Å². The van der Waals surface area contributed by atoms with Crippen LogP contribution in [0.4, 0.5) is 35.1 Å². The Balaban J connectivity index is 1.63. The minimum absolute atomic E-state index is 0.260. The lowest BCUT2D eigenvalue weighted by Gasteiger charge is -2.29. The Kier molecular flexibility index (Phi) is 9.49. The molecule has 0 amide bonds. The van der Waals surface area contributed by atoms with Gasteiger partial charge in [-0.3, -0.25) is 0 Å². The van der Waals surface area contributed by atoms with Gasteiger partial charge in [-0.25, -0.2) is 13.2 Å². The molecule has 0 spiro atoms. The molecule has 0 heterocycles. The van der Waals surface area contributed by atoms with E-state index in [-0.39, 0.29) is 5.56 Å². The van der Waals surface area contributed by atoms with Gasteiger partial charge < -0.3 is 4.74 Å². The Hall–Kier alpha value is -2.76. The second-order valence-electron chi connectivity index (χ2n) is 9.42. The second-order valence-corrected chi connectivity index (χ2v) is 9.42. The van der Waals surface area contributed by atoms with Gasteiger partial charge in [-0.05, 0) is 67.3 Å². The van der Waals surface area contributed by atoms with Gasteiger partial charge in [0.1, 0.15) is 0 Å². The largest absolute Gasteiger partial charge is 0.439 e. The smallest absolute Gasteiger partial charge is 0.424 e. The van der Waals surface area contributed by atoms with Crippen LogP contribution in [-0.2, 0) is 0 Å². The van der Waals surface area contributed by atoms with E-state index < -0.39 is 35.8 Å². The topological polar surface area (TPSA) is 9.23 Å². The summed E-state index contributed by atoms with van der Waals surface area (Å²) in [4.78, 5) is 0. The zero-order valence-electron chi connectivity index (χ0n) is 20.3. The summed E-state index contributed by atoms with van der Waals surface area (Å²) in [6, 6.07) is 8.52. The lowest BCUT2D eigenvalue weighted by Crippen LogP contribution is -2.46. The molecule has 0 aliphatic heterocycles. The number of rotatable bonds is 8. The van der Waals surface area contributed by atoms with Crippen LogP contribution in [0.25, 0.3) is 0 Å². The maximum Gasteiger partial charge on any atom is 0.439 e. The van der Waals surface area contributed by atoms with E-state index in [0.29, 0.717) is 23.6 Å². The third-order valence-corrected chi connectivity index (χ3v) is 6.61. The summed E-state index contributed by atoms with van der Waals surface area (Å²) in [5.41, 5.74) is 1.49. The van der Waals surface area contributed by atoms with Gasteiger partial charge in [-0.15, -0.1) is 0 Å². The Morgan fingerprint density at radius 2 is 1.43 bits per heavy atom. The number of ether oxygens (including phenoxy) is 1. The number of hydrogen-bond acceptors (Lipinski definition) is 1. The van der Waals surface area contributed by atoms with Crippen molar-refractivity contribution in [2.45, 2.75) is 82.7 Å². The van der Waals surface area contributed by atoms with Gasteiger partial charge in [0.2, 0.25) is 0 Å². The molecule has 2 aromatic rings. The zero-order valence-corrected chi connectivity index (χ0v) is 20.3. The molecule has 3 rings (SSSR count). The first kappa shape index (κ1) is 28.8. The Morgan fingerprint density at radius 3 is 1.97 bits per heavy atom. The predicted molar refractivity (Wildman–Crippen MR) is 124 cm³/mol. The molecular weight excluding hydrogens is 504 g/mol. The van der Waals surface area contributed by atoms with Crippen LogP contribution in [0.2, 0.25) is 0 Å². The molecule has 0 N–H and O–H groups in total. The molecule has 1 fully saturated rings. The molecule has 1 aliphatic rings. The highest BCUT2D eigenvalue weighted by molar-refractivity contribution is 5.46. The van der Waals surface area contributed by atoms with Gasteiger partial charge in [0.25, 0.3) is 6.17 Å². The Labute approximate surface area is 211 Å². The molecule has 1 nitrogen and oxygen atoms in total. The van der Waals surface area contributed by atoms with Crippen LogP contribution in [0.3, 0.4) is 0 Å². The minimum atomic E-state index is -5.98. The van der Waals surface area contributed by atoms with E-state index in [9.17, 15) is 35.1 Å². The van der Waals surface area contributed by atoms with Crippen LogP contribution in [0.1, 0.15) is 80.9 Å². The summed E-state index contributed by atoms with van der Waals surface area (Å²) in [6.45, 7) is 2.20. The van der Waals surface area contributed by atoms with E-state index in [2.05, 4.69) is 23.5 Å². The van der Waals surface area contributed by atoms with Crippen LogP contribution in [0, 0.1) is 29.4 Å². The van der Waals surface area contributed by atoms with Gasteiger partial charge >= 0.3 is 12.3 Å². The van der Waals surface area contributed by atoms with Crippen LogP contribution in [0.15, 0.2) is 36.4 Å². The first-order valence-corrected chi connectivity index (χ1v) is 12.3. The summed E-state index contributed by atoms with van der Waals surface area (Å²) < 4.78 is 108. The molecule has 1 saturated carbocycles. The van der Waals surface area contributed by atoms with Crippen LogP contribution in [-0.4, -0.2) is 18.5 Å². The van der Waals surface area contributed by atoms with Crippen LogP contribution < -0.4 is 4.74 Å². The van der Waals surface area contributed by atoms with Crippen molar-refractivity contribution < 1.29 is 39.9 Å². The Bertz CT molecular complexity index is 1070. The van der Waals surface area contributed by atoms with E-state index in [4.69, 9.17) is 0 Å². The standard InChI is InChI=1S/C28H28F8O/c1-2-3-4-5-18-8-12-21(13-9-18)22-14-10-19(11-15-22)6-7-20-16-23(29)25(24(30)17-20)37-28(35,36)26(31)27(32,33)34/h10-11,14-18,21,26H,2-5,8-9,12-13H2,1H3. The fourth-order valence-electron chi connectivity index (χ4n) is 4.56. The summed E-state index contributed by atoms with van der Waals surface area (Å²) >= 11 is 0. The van der Waals surface area contributed by atoms with E-state index in [0.717, 1.165) is 18.8 Å². The first-order chi connectivity index (χ1) is 17.4. The van der Waals surface area contributed by atoms with Crippen molar-refractivity contribution in [3.8, 4) is 17.6 Å². The summed E-state index contributed by atoms with van der Waals surface area (Å²) in [6.07, 6.45) is -6.53. The number of alkyl halides is 6. The normalized spacial score (nSPS) is 19.2. The molecule has 1 unspecified atom stereocenters. The molecular formula is C28H28F8O. The monoisotopic (exact) mass is 532 g/mol. The third kappa shape index (κ3) is 7.86. The first-order valence-electron chi connectivity index (χ1n) is 12.3. The van der Waals surface area contributed by atoms with Crippen molar-refractivity contribution >= 4 is 0 Å². The SMILES string of the molecule is CCCCCC1CCC(c2ccc(C#Cc3cc(F)c(OC(F)(F)C(F)C(F)(F)F)c(F)c3)cc2)CC1.